The summed E-state index contributed by atoms with van der Waals surface area (Å²) in [6.07, 6.45) is 0.947. The number of H-pyrrole nitrogens is 1. The molecule has 16 heavy (non-hydrogen) atoms. The van der Waals surface area contributed by atoms with Crippen LogP contribution in [0.15, 0.2) is 18.2 Å². The van der Waals surface area contributed by atoms with Crippen LogP contribution in [0.25, 0.3) is 11.0 Å². The lowest BCUT2D eigenvalue weighted by atomic mass is 10.0. The third-order valence-electron chi connectivity index (χ3n) is 2.83. The average Bonchev–Trinajstić information content (AvgIpc) is 2.67. The van der Waals surface area contributed by atoms with Gasteiger partial charge in [-0.2, -0.15) is 0 Å². The number of nitrogens with zero attached hydrogens (tertiary/aromatic N) is 1. The van der Waals surface area contributed by atoms with Gasteiger partial charge in [0.2, 0.25) is 0 Å². The van der Waals surface area contributed by atoms with Crippen molar-refractivity contribution >= 4 is 11.0 Å². The monoisotopic (exact) mass is 217 g/mol. The SMILES string of the molecule is CNCCc1nc2ccc(C(C)C)cc2[nH]1. The van der Waals surface area contributed by atoms with Gasteiger partial charge < -0.3 is 10.3 Å². The van der Waals surface area contributed by atoms with Crippen LogP contribution in [0.3, 0.4) is 0 Å². The average molecular weight is 217 g/mol. The minimum absolute atomic E-state index is 0.563. The van der Waals surface area contributed by atoms with Crippen molar-refractivity contribution in [3.05, 3.63) is 29.6 Å². The van der Waals surface area contributed by atoms with Gasteiger partial charge in [-0.05, 0) is 30.7 Å². The van der Waals surface area contributed by atoms with E-state index < -0.39 is 0 Å². The Labute approximate surface area is 96.3 Å². The number of imidazole rings is 1. The topological polar surface area (TPSA) is 40.7 Å². The molecule has 0 spiro atoms. The van der Waals surface area contributed by atoms with Gasteiger partial charge in [-0.15, -0.1) is 0 Å². The highest BCUT2D eigenvalue weighted by Crippen LogP contribution is 2.19. The standard InChI is InChI=1S/C13H19N3/c1-9(2)10-4-5-11-12(8-10)16-13(15-11)6-7-14-3/h4-5,8-9,14H,6-7H2,1-3H3,(H,15,16). The molecule has 0 saturated heterocycles. The van der Waals surface area contributed by atoms with Crippen LogP contribution in [0.2, 0.25) is 0 Å². The Hall–Kier alpha value is -1.35. The van der Waals surface area contributed by atoms with Crippen molar-refractivity contribution in [2.45, 2.75) is 26.2 Å². The van der Waals surface area contributed by atoms with Gasteiger partial charge >= 0.3 is 0 Å². The van der Waals surface area contributed by atoms with E-state index >= 15 is 0 Å². The highest BCUT2D eigenvalue weighted by atomic mass is 14.9. The van der Waals surface area contributed by atoms with E-state index in [0.29, 0.717) is 5.92 Å². The molecule has 2 rings (SSSR count). The molecular weight excluding hydrogens is 198 g/mol. The number of aromatic nitrogens is 2. The van der Waals surface area contributed by atoms with Crippen molar-refractivity contribution in [1.29, 1.82) is 0 Å². The van der Waals surface area contributed by atoms with E-state index in [2.05, 4.69) is 47.3 Å². The number of hydrogen-bond acceptors (Lipinski definition) is 2. The normalized spacial score (nSPS) is 11.5. The van der Waals surface area contributed by atoms with E-state index in [4.69, 9.17) is 0 Å². The van der Waals surface area contributed by atoms with Crippen molar-refractivity contribution in [2.75, 3.05) is 13.6 Å². The molecule has 0 amide bonds. The second-order valence-electron chi connectivity index (χ2n) is 4.47. The number of rotatable bonds is 4. The molecule has 0 saturated carbocycles. The summed E-state index contributed by atoms with van der Waals surface area (Å²) < 4.78 is 0. The summed E-state index contributed by atoms with van der Waals surface area (Å²) in [7, 11) is 1.96. The van der Waals surface area contributed by atoms with Gasteiger partial charge in [0.15, 0.2) is 0 Å². The molecule has 0 fully saturated rings. The first-order valence-electron chi connectivity index (χ1n) is 5.84. The van der Waals surface area contributed by atoms with Crippen LogP contribution in [0.5, 0.6) is 0 Å². The second kappa shape index (κ2) is 4.66. The maximum atomic E-state index is 4.56. The Morgan fingerprint density at radius 3 is 2.88 bits per heavy atom. The largest absolute Gasteiger partial charge is 0.342 e. The van der Waals surface area contributed by atoms with Crippen LogP contribution in [0.1, 0.15) is 31.2 Å². The van der Waals surface area contributed by atoms with E-state index in [0.717, 1.165) is 29.8 Å². The maximum Gasteiger partial charge on any atom is 0.108 e. The first kappa shape index (κ1) is 11.1. The minimum Gasteiger partial charge on any atom is -0.342 e. The van der Waals surface area contributed by atoms with E-state index in [1.807, 2.05) is 7.05 Å². The van der Waals surface area contributed by atoms with Crippen LogP contribution < -0.4 is 5.32 Å². The smallest absolute Gasteiger partial charge is 0.108 e. The Kier molecular flexibility index (Phi) is 3.25. The van der Waals surface area contributed by atoms with Gasteiger partial charge in [-0.25, -0.2) is 4.98 Å². The minimum atomic E-state index is 0.563. The van der Waals surface area contributed by atoms with E-state index in [1.54, 1.807) is 0 Å². The van der Waals surface area contributed by atoms with Crippen LogP contribution in [-0.2, 0) is 6.42 Å². The molecular formula is C13H19N3. The van der Waals surface area contributed by atoms with Crippen molar-refractivity contribution in [1.82, 2.24) is 15.3 Å². The maximum absolute atomic E-state index is 4.56. The summed E-state index contributed by atoms with van der Waals surface area (Å²) in [5.41, 5.74) is 3.57. The number of fused-ring (bicyclic) bond motifs is 1. The van der Waals surface area contributed by atoms with Crippen molar-refractivity contribution in [3.63, 3.8) is 0 Å². The zero-order chi connectivity index (χ0) is 11.5. The zero-order valence-electron chi connectivity index (χ0n) is 10.2. The van der Waals surface area contributed by atoms with Gasteiger partial charge in [0.1, 0.15) is 5.82 Å². The summed E-state index contributed by atoms with van der Waals surface area (Å²) in [6, 6.07) is 6.47. The molecule has 0 radical (unpaired) electrons. The van der Waals surface area contributed by atoms with E-state index in [9.17, 15) is 0 Å². The number of hydrogen-bond donors (Lipinski definition) is 2. The van der Waals surface area contributed by atoms with Crippen molar-refractivity contribution in [3.8, 4) is 0 Å². The zero-order valence-corrected chi connectivity index (χ0v) is 10.2. The lowest BCUT2D eigenvalue weighted by molar-refractivity contribution is 0.766. The molecule has 0 unspecified atom stereocenters. The van der Waals surface area contributed by atoms with E-state index in [-0.39, 0.29) is 0 Å². The van der Waals surface area contributed by atoms with Crippen LogP contribution in [-0.4, -0.2) is 23.6 Å². The molecule has 3 nitrogen and oxygen atoms in total. The summed E-state index contributed by atoms with van der Waals surface area (Å²) in [4.78, 5) is 7.93. The fourth-order valence-electron chi connectivity index (χ4n) is 1.80. The molecule has 0 aliphatic heterocycles. The molecule has 0 atom stereocenters. The predicted molar refractivity (Wildman–Crippen MR) is 67.8 cm³/mol. The molecule has 0 aliphatic carbocycles. The Morgan fingerprint density at radius 1 is 1.38 bits per heavy atom. The molecule has 1 aromatic carbocycles. The summed E-state index contributed by atoms with van der Waals surface area (Å²) in [5.74, 6) is 1.62. The molecule has 2 N–H and O–H groups in total. The molecule has 1 aromatic heterocycles. The quantitative estimate of drug-likeness (QED) is 0.826. The van der Waals surface area contributed by atoms with Crippen molar-refractivity contribution < 1.29 is 0 Å². The Morgan fingerprint density at radius 2 is 2.19 bits per heavy atom. The third kappa shape index (κ3) is 2.25. The second-order valence-corrected chi connectivity index (χ2v) is 4.47. The number of aromatic amines is 1. The highest BCUT2D eigenvalue weighted by molar-refractivity contribution is 5.76. The molecule has 86 valence electrons. The fourth-order valence-corrected chi connectivity index (χ4v) is 1.80. The molecule has 1 heterocycles. The Bertz CT molecular complexity index is 471. The molecule has 0 bridgehead atoms. The fraction of sp³-hybridized carbons (Fsp3) is 0.462. The van der Waals surface area contributed by atoms with Gasteiger partial charge in [0, 0.05) is 13.0 Å². The summed E-state index contributed by atoms with van der Waals surface area (Å²) in [5, 5.41) is 3.13. The van der Waals surface area contributed by atoms with Gasteiger partial charge in [-0.3, -0.25) is 0 Å². The number of nitrogens with one attached hydrogen (secondary N) is 2. The van der Waals surface area contributed by atoms with Gasteiger partial charge in [-0.1, -0.05) is 19.9 Å². The highest BCUT2D eigenvalue weighted by Gasteiger charge is 2.05. The van der Waals surface area contributed by atoms with Gasteiger partial charge in [0.05, 0.1) is 11.0 Å². The van der Waals surface area contributed by atoms with Crippen LogP contribution >= 0.6 is 0 Å². The van der Waals surface area contributed by atoms with Crippen LogP contribution in [0, 0.1) is 0 Å². The third-order valence-corrected chi connectivity index (χ3v) is 2.83. The molecule has 2 aromatic rings. The molecule has 3 heteroatoms. The lowest BCUT2D eigenvalue weighted by Gasteiger charge is -2.03. The van der Waals surface area contributed by atoms with Crippen molar-refractivity contribution in [2.24, 2.45) is 0 Å². The van der Waals surface area contributed by atoms with Gasteiger partial charge in [0.25, 0.3) is 0 Å². The first-order valence-corrected chi connectivity index (χ1v) is 5.84. The summed E-state index contributed by atoms with van der Waals surface area (Å²) >= 11 is 0. The molecule has 0 aliphatic rings. The number of likely N-dealkylation sites (N-methyl/N-ethyl adjacent to an activating group) is 1. The summed E-state index contributed by atoms with van der Waals surface area (Å²) in [6.45, 7) is 5.37. The van der Waals surface area contributed by atoms with E-state index in [1.165, 1.54) is 5.56 Å². The predicted octanol–water partition coefficient (Wildman–Crippen LogP) is 2.45. The van der Waals surface area contributed by atoms with Crippen LogP contribution in [0.4, 0.5) is 0 Å². The Balaban J connectivity index is 2.30. The lowest BCUT2D eigenvalue weighted by Crippen LogP contribution is -2.10. The first-order chi connectivity index (χ1) is 7.70. The number of benzene rings is 1.